The van der Waals surface area contributed by atoms with Crippen LogP contribution in [0.2, 0.25) is 0 Å². The highest BCUT2D eigenvalue weighted by Gasteiger charge is 2.20. The van der Waals surface area contributed by atoms with E-state index in [-0.39, 0.29) is 26.2 Å². The molecule has 8 nitrogen and oxygen atoms in total. The van der Waals surface area contributed by atoms with E-state index >= 15 is 0 Å². The third-order valence-electron chi connectivity index (χ3n) is 8.83. The smallest absolute Gasteiger partial charge is 0.306 e. The molecular formula is C50H84NO7P. The van der Waals surface area contributed by atoms with Gasteiger partial charge in [-0.05, 0) is 83.5 Å². The second-order valence-electron chi connectivity index (χ2n) is 15.6. The van der Waals surface area contributed by atoms with Gasteiger partial charge in [-0.25, -0.2) is 0 Å². The fraction of sp³-hybridized carbons (Fsp3) is 0.620. The SMILES string of the molecule is CC/C=C\C/C=C\C/C=C\C/C=C\C/C=C\CCCCCCCCCCOCC(COP(=O)([O-])OCC[N+](C)(C)C)OC(=O)CC/C=C\C/C=C\C/C=C\C/C=C\CC. The Hall–Kier alpha value is -2.84. The quantitative estimate of drug-likeness (QED) is 0.0199. The van der Waals surface area contributed by atoms with E-state index in [2.05, 4.69) is 111 Å². The Kier molecular flexibility index (Phi) is 39.9. The molecule has 0 saturated carbocycles. The lowest BCUT2D eigenvalue weighted by Crippen LogP contribution is -2.37. The first-order valence-corrected chi connectivity index (χ1v) is 24.1. The average Bonchev–Trinajstić information content (AvgIpc) is 3.19. The van der Waals surface area contributed by atoms with Gasteiger partial charge in [0.1, 0.15) is 19.3 Å². The topological polar surface area (TPSA) is 94.1 Å². The maximum atomic E-state index is 12.6. The molecule has 0 aromatic rings. The number of likely N-dealkylation sites (N-methyl/N-ethyl adjacent to an activating group) is 1. The predicted octanol–water partition coefficient (Wildman–Crippen LogP) is 13.0. The Morgan fingerprint density at radius 2 is 0.932 bits per heavy atom. The first-order chi connectivity index (χ1) is 28.6. The van der Waals surface area contributed by atoms with Crippen LogP contribution >= 0.6 is 7.82 Å². The number of hydrogen-bond acceptors (Lipinski definition) is 7. The summed E-state index contributed by atoms with van der Waals surface area (Å²) in [4.78, 5) is 25.0. The molecule has 2 unspecified atom stereocenters. The molecule has 9 heteroatoms. The van der Waals surface area contributed by atoms with Crippen molar-refractivity contribution in [3.63, 3.8) is 0 Å². The van der Waals surface area contributed by atoms with Gasteiger partial charge in [0.15, 0.2) is 0 Å². The number of phosphoric acid groups is 1. The van der Waals surface area contributed by atoms with Gasteiger partial charge >= 0.3 is 5.97 Å². The first kappa shape index (κ1) is 56.2. The number of allylic oxidation sites excluding steroid dienone is 18. The highest BCUT2D eigenvalue weighted by molar-refractivity contribution is 7.45. The van der Waals surface area contributed by atoms with E-state index in [0.717, 1.165) is 83.5 Å². The van der Waals surface area contributed by atoms with Crippen LogP contribution in [0.5, 0.6) is 0 Å². The molecule has 0 bridgehead atoms. The molecule has 0 heterocycles. The minimum absolute atomic E-state index is 0.00516. The number of carbonyl (C=O) groups is 1. The molecule has 0 aliphatic heterocycles. The Bertz CT molecular complexity index is 1300. The number of quaternary nitrogens is 1. The van der Waals surface area contributed by atoms with Crippen molar-refractivity contribution in [1.29, 1.82) is 0 Å². The number of hydrogen-bond donors (Lipinski definition) is 0. The van der Waals surface area contributed by atoms with Crippen molar-refractivity contribution < 1.29 is 37.3 Å². The Balaban J connectivity index is 4.27. The summed E-state index contributed by atoms with van der Waals surface area (Å²) >= 11 is 0. The monoisotopic (exact) mass is 842 g/mol. The van der Waals surface area contributed by atoms with Crippen LogP contribution in [0.1, 0.15) is 142 Å². The number of phosphoric ester groups is 1. The van der Waals surface area contributed by atoms with Crippen LogP contribution in [-0.2, 0) is 27.9 Å². The molecule has 0 aromatic heterocycles. The largest absolute Gasteiger partial charge is 0.756 e. The summed E-state index contributed by atoms with van der Waals surface area (Å²) in [5.74, 6) is -0.422. The third kappa shape index (κ3) is 46.1. The molecule has 0 aromatic carbocycles. The van der Waals surface area contributed by atoms with Crippen LogP contribution in [0, 0.1) is 0 Å². The number of nitrogens with zero attached hydrogens (tertiary/aromatic N) is 1. The summed E-state index contributed by atoms with van der Waals surface area (Å²) in [6, 6.07) is 0. The van der Waals surface area contributed by atoms with Gasteiger partial charge in [0, 0.05) is 13.0 Å². The van der Waals surface area contributed by atoms with E-state index in [1.54, 1.807) is 0 Å². The zero-order chi connectivity index (χ0) is 43.4. The van der Waals surface area contributed by atoms with E-state index in [9.17, 15) is 14.3 Å². The molecule has 0 radical (unpaired) electrons. The van der Waals surface area contributed by atoms with E-state index < -0.39 is 19.9 Å². The minimum atomic E-state index is -4.55. The molecule has 0 spiro atoms. The summed E-state index contributed by atoms with van der Waals surface area (Å²) in [5, 5.41) is 0. The number of unbranched alkanes of at least 4 members (excludes halogenated alkanes) is 8. The lowest BCUT2D eigenvalue weighted by molar-refractivity contribution is -0.870. The van der Waals surface area contributed by atoms with E-state index in [1.807, 2.05) is 33.3 Å². The average molecular weight is 842 g/mol. The van der Waals surface area contributed by atoms with E-state index in [1.165, 1.54) is 32.1 Å². The summed E-state index contributed by atoms with van der Waals surface area (Å²) in [5.41, 5.74) is 0. The van der Waals surface area contributed by atoms with Crippen molar-refractivity contribution >= 4 is 13.8 Å². The molecule has 336 valence electrons. The van der Waals surface area contributed by atoms with Gasteiger partial charge in [-0.15, -0.1) is 0 Å². The van der Waals surface area contributed by atoms with Gasteiger partial charge in [-0.1, -0.05) is 162 Å². The maximum Gasteiger partial charge on any atom is 0.306 e. The van der Waals surface area contributed by atoms with E-state index in [0.29, 0.717) is 24.1 Å². The van der Waals surface area contributed by atoms with Gasteiger partial charge in [0.05, 0.1) is 34.4 Å². The van der Waals surface area contributed by atoms with Gasteiger partial charge in [0.2, 0.25) is 0 Å². The highest BCUT2D eigenvalue weighted by Crippen LogP contribution is 2.38. The summed E-state index contributed by atoms with van der Waals surface area (Å²) in [6.07, 6.45) is 58.4. The molecule has 0 saturated heterocycles. The molecule has 0 aliphatic carbocycles. The molecule has 0 rings (SSSR count). The fourth-order valence-electron chi connectivity index (χ4n) is 5.41. The van der Waals surface area contributed by atoms with Gasteiger partial charge in [0.25, 0.3) is 7.82 Å². The Labute approximate surface area is 361 Å². The van der Waals surface area contributed by atoms with Crippen molar-refractivity contribution in [3.05, 3.63) is 109 Å². The van der Waals surface area contributed by atoms with Crippen molar-refractivity contribution in [2.45, 2.75) is 148 Å². The second kappa shape index (κ2) is 41.9. The molecular weight excluding hydrogens is 758 g/mol. The zero-order valence-electron chi connectivity index (χ0n) is 37.9. The van der Waals surface area contributed by atoms with Gasteiger partial charge < -0.3 is 27.9 Å². The Morgan fingerprint density at radius 1 is 0.525 bits per heavy atom. The molecule has 0 N–H and O–H groups in total. The lowest BCUT2D eigenvalue weighted by Gasteiger charge is -2.28. The molecule has 2 atom stereocenters. The Morgan fingerprint density at radius 3 is 1.39 bits per heavy atom. The molecule has 0 aliphatic rings. The van der Waals surface area contributed by atoms with Crippen molar-refractivity contribution in [1.82, 2.24) is 0 Å². The predicted molar refractivity (Wildman–Crippen MR) is 249 cm³/mol. The van der Waals surface area contributed by atoms with Crippen LogP contribution in [-0.4, -0.2) is 70.7 Å². The van der Waals surface area contributed by atoms with Crippen LogP contribution in [0.4, 0.5) is 0 Å². The normalized spacial score (nSPS) is 14.7. The fourth-order valence-corrected chi connectivity index (χ4v) is 6.14. The second-order valence-corrected chi connectivity index (χ2v) is 17.1. The maximum absolute atomic E-state index is 12.6. The number of ether oxygens (including phenoxy) is 2. The summed E-state index contributed by atoms with van der Waals surface area (Å²) in [7, 11) is 1.29. The van der Waals surface area contributed by atoms with Crippen LogP contribution in [0.3, 0.4) is 0 Å². The van der Waals surface area contributed by atoms with Crippen molar-refractivity contribution in [2.75, 3.05) is 54.1 Å². The van der Waals surface area contributed by atoms with Gasteiger partial charge in [-0.2, -0.15) is 0 Å². The zero-order valence-corrected chi connectivity index (χ0v) is 38.8. The molecule has 0 fully saturated rings. The third-order valence-corrected chi connectivity index (χ3v) is 9.80. The number of esters is 1. The van der Waals surface area contributed by atoms with Crippen molar-refractivity contribution in [3.8, 4) is 0 Å². The van der Waals surface area contributed by atoms with Gasteiger partial charge in [-0.3, -0.25) is 9.36 Å². The van der Waals surface area contributed by atoms with Crippen molar-refractivity contribution in [2.24, 2.45) is 0 Å². The summed E-state index contributed by atoms with van der Waals surface area (Å²) < 4.78 is 34.5. The first-order valence-electron chi connectivity index (χ1n) is 22.6. The van der Waals surface area contributed by atoms with E-state index in [4.69, 9.17) is 18.5 Å². The highest BCUT2D eigenvalue weighted by atomic mass is 31.2. The molecule has 0 amide bonds. The summed E-state index contributed by atoms with van der Waals surface area (Å²) in [6.45, 7) is 5.02. The standard InChI is InChI=1S/C50H84NO7P/c1-6-8-10-12-14-16-18-20-21-22-23-24-25-26-27-28-29-30-32-34-36-38-40-42-45-55-47-49(48-57-59(53,54)56-46-44-51(3,4)5)58-50(52)43-41-39-37-35-33-31-19-17-15-13-11-9-7-2/h8-11,14-17,20-21,23-24,26-27,31,33,37,39,49H,6-7,12-13,18-19,22,25,28-30,32,34-36,38,40-48H2,1-5H3/b10-8-,11-9-,16-14-,17-15-,21-20-,24-23-,27-26-,33-31-,39-37-. The number of carbonyl (C=O) groups excluding carboxylic acids is 1. The van der Waals surface area contributed by atoms with Crippen LogP contribution < -0.4 is 4.89 Å². The number of rotatable bonds is 40. The van der Waals surface area contributed by atoms with Crippen LogP contribution in [0.15, 0.2) is 109 Å². The lowest BCUT2D eigenvalue weighted by atomic mass is 10.1. The van der Waals surface area contributed by atoms with Crippen LogP contribution in [0.25, 0.3) is 0 Å². The minimum Gasteiger partial charge on any atom is -0.756 e. The molecule has 59 heavy (non-hydrogen) atoms.